The lowest BCUT2D eigenvalue weighted by atomic mass is 10.1. The first-order valence-electron chi connectivity index (χ1n) is 12.3. The molecule has 0 aliphatic rings. The quantitative estimate of drug-likeness (QED) is 0.212. The molecule has 0 spiro atoms. The minimum Gasteiger partial charge on any atom is -0.459 e. The summed E-state index contributed by atoms with van der Waals surface area (Å²) in [6.45, 7) is 9.06. The Hall–Kier alpha value is -3.53. The standard InChI is InChI=1S/C28H37N3O6S/c1-19-6-8-22(9-7-19)15-29-25(33)14-21-10-12-23(13-11-21)16-36-26(34)24(17-38-18-30-20(2)32)31-27(35)37-28(3,4)5/h6-13,24H,14-18H2,1-5H3,(H,29,33)(H,30,32)(H,31,35)/t24-/m0/s1. The highest BCUT2D eigenvalue weighted by atomic mass is 32.2. The van der Waals surface area contributed by atoms with Gasteiger partial charge in [-0.05, 0) is 44.4 Å². The topological polar surface area (TPSA) is 123 Å². The molecule has 0 bridgehead atoms. The number of carbonyl (C=O) groups excluding carboxylic acids is 4. The Labute approximate surface area is 228 Å². The van der Waals surface area contributed by atoms with E-state index in [1.54, 1.807) is 32.9 Å². The zero-order chi connectivity index (χ0) is 28.1. The minimum absolute atomic E-state index is 0.00158. The third-order valence-electron chi connectivity index (χ3n) is 5.06. The molecule has 0 radical (unpaired) electrons. The van der Waals surface area contributed by atoms with Crippen LogP contribution in [0.5, 0.6) is 0 Å². The second-order valence-electron chi connectivity index (χ2n) is 9.81. The molecule has 2 rings (SSSR count). The van der Waals surface area contributed by atoms with Gasteiger partial charge >= 0.3 is 12.1 Å². The van der Waals surface area contributed by atoms with Crippen molar-refractivity contribution in [2.24, 2.45) is 0 Å². The molecule has 0 saturated heterocycles. The predicted molar refractivity (Wildman–Crippen MR) is 147 cm³/mol. The summed E-state index contributed by atoms with van der Waals surface area (Å²) in [6.07, 6.45) is -0.496. The fraction of sp³-hybridized carbons (Fsp3) is 0.429. The van der Waals surface area contributed by atoms with Crippen molar-refractivity contribution in [2.75, 3.05) is 11.6 Å². The molecular formula is C28H37N3O6S. The summed E-state index contributed by atoms with van der Waals surface area (Å²) < 4.78 is 10.7. The molecule has 38 heavy (non-hydrogen) atoms. The highest BCUT2D eigenvalue weighted by Crippen LogP contribution is 2.11. The molecule has 3 amide bonds. The van der Waals surface area contributed by atoms with Gasteiger partial charge in [-0.3, -0.25) is 9.59 Å². The summed E-state index contributed by atoms with van der Waals surface area (Å²) in [4.78, 5) is 48.3. The number of aryl methyl sites for hydroxylation is 1. The molecule has 2 aromatic carbocycles. The molecule has 206 valence electrons. The van der Waals surface area contributed by atoms with Gasteiger partial charge in [0.15, 0.2) is 0 Å². The minimum atomic E-state index is -0.958. The number of benzene rings is 2. The average Bonchev–Trinajstić information content (AvgIpc) is 2.83. The van der Waals surface area contributed by atoms with E-state index in [-0.39, 0.29) is 36.5 Å². The van der Waals surface area contributed by atoms with E-state index in [9.17, 15) is 19.2 Å². The molecule has 10 heteroatoms. The van der Waals surface area contributed by atoms with Crippen LogP contribution in [0.4, 0.5) is 4.79 Å². The molecular weight excluding hydrogens is 506 g/mol. The molecule has 0 saturated carbocycles. The van der Waals surface area contributed by atoms with Gasteiger partial charge in [0.25, 0.3) is 0 Å². The normalized spacial score (nSPS) is 11.7. The number of thioether (sulfide) groups is 1. The number of carbonyl (C=O) groups is 4. The second-order valence-corrected chi connectivity index (χ2v) is 10.8. The Morgan fingerprint density at radius 2 is 1.50 bits per heavy atom. The Bertz CT molecular complexity index is 1080. The molecule has 0 aliphatic carbocycles. The lowest BCUT2D eigenvalue weighted by Crippen LogP contribution is -2.46. The van der Waals surface area contributed by atoms with Crippen LogP contribution in [0.2, 0.25) is 0 Å². The Morgan fingerprint density at radius 3 is 2.11 bits per heavy atom. The second kappa shape index (κ2) is 15.0. The van der Waals surface area contributed by atoms with Crippen LogP contribution < -0.4 is 16.0 Å². The van der Waals surface area contributed by atoms with Crippen molar-refractivity contribution < 1.29 is 28.7 Å². The fourth-order valence-electron chi connectivity index (χ4n) is 3.11. The van der Waals surface area contributed by atoms with Crippen LogP contribution >= 0.6 is 11.8 Å². The molecule has 2 aromatic rings. The summed E-state index contributed by atoms with van der Waals surface area (Å²) >= 11 is 1.27. The number of hydrogen-bond donors (Lipinski definition) is 3. The van der Waals surface area contributed by atoms with Crippen LogP contribution in [0.15, 0.2) is 48.5 Å². The van der Waals surface area contributed by atoms with Crippen molar-refractivity contribution in [3.05, 3.63) is 70.8 Å². The van der Waals surface area contributed by atoms with E-state index >= 15 is 0 Å². The van der Waals surface area contributed by atoms with E-state index < -0.39 is 23.7 Å². The first kappa shape index (κ1) is 30.7. The highest BCUT2D eigenvalue weighted by molar-refractivity contribution is 7.99. The number of ether oxygens (including phenoxy) is 2. The van der Waals surface area contributed by atoms with Gasteiger partial charge in [-0.15, -0.1) is 11.8 Å². The van der Waals surface area contributed by atoms with E-state index in [2.05, 4.69) is 16.0 Å². The van der Waals surface area contributed by atoms with Crippen molar-refractivity contribution in [3.63, 3.8) is 0 Å². The van der Waals surface area contributed by atoms with Crippen LogP contribution in [0.3, 0.4) is 0 Å². The fourth-order valence-corrected chi connectivity index (χ4v) is 3.99. The Morgan fingerprint density at radius 1 is 0.895 bits per heavy atom. The molecule has 0 heterocycles. The van der Waals surface area contributed by atoms with Gasteiger partial charge in [0.05, 0.1) is 12.3 Å². The van der Waals surface area contributed by atoms with Crippen molar-refractivity contribution >= 4 is 35.6 Å². The summed E-state index contributed by atoms with van der Waals surface area (Å²) in [5, 5.41) is 8.08. The first-order valence-corrected chi connectivity index (χ1v) is 13.4. The highest BCUT2D eigenvalue weighted by Gasteiger charge is 2.25. The van der Waals surface area contributed by atoms with E-state index in [4.69, 9.17) is 9.47 Å². The summed E-state index contributed by atoms with van der Waals surface area (Å²) in [7, 11) is 0. The Kier molecular flexibility index (Phi) is 12.1. The number of rotatable bonds is 12. The van der Waals surface area contributed by atoms with Gasteiger partial charge in [0.2, 0.25) is 11.8 Å². The van der Waals surface area contributed by atoms with Crippen molar-refractivity contribution in [2.45, 2.75) is 65.8 Å². The molecule has 1 atom stereocenters. The maximum absolute atomic E-state index is 12.7. The van der Waals surface area contributed by atoms with Crippen molar-refractivity contribution in [1.29, 1.82) is 0 Å². The lowest BCUT2D eigenvalue weighted by molar-refractivity contribution is -0.146. The molecule has 3 N–H and O–H groups in total. The Balaban J connectivity index is 1.85. The van der Waals surface area contributed by atoms with Crippen LogP contribution in [-0.4, -0.2) is 47.1 Å². The van der Waals surface area contributed by atoms with Gasteiger partial charge in [-0.2, -0.15) is 0 Å². The maximum atomic E-state index is 12.7. The van der Waals surface area contributed by atoms with Gasteiger partial charge in [-0.25, -0.2) is 9.59 Å². The van der Waals surface area contributed by atoms with Crippen LogP contribution in [-0.2, 0) is 43.4 Å². The lowest BCUT2D eigenvalue weighted by Gasteiger charge is -2.23. The zero-order valence-corrected chi connectivity index (χ0v) is 23.4. The van der Waals surface area contributed by atoms with E-state index in [0.29, 0.717) is 6.54 Å². The maximum Gasteiger partial charge on any atom is 0.408 e. The number of alkyl carbamates (subject to hydrolysis) is 1. The van der Waals surface area contributed by atoms with Gasteiger partial charge < -0.3 is 25.4 Å². The molecule has 9 nitrogen and oxygen atoms in total. The van der Waals surface area contributed by atoms with Gasteiger partial charge in [-0.1, -0.05) is 54.1 Å². The largest absolute Gasteiger partial charge is 0.459 e. The summed E-state index contributed by atoms with van der Waals surface area (Å²) in [5.41, 5.74) is 3.06. The predicted octanol–water partition coefficient (Wildman–Crippen LogP) is 3.62. The SMILES string of the molecule is CC(=O)NCSC[C@H](NC(=O)OC(C)(C)C)C(=O)OCc1ccc(CC(=O)NCc2ccc(C)cc2)cc1. The zero-order valence-electron chi connectivity index (χ0n) is 22.6. The van der Waals surface area contributed by atoms with Crippen LogP contribution in [0.25, 0.3) is 0 Å². The summed E-state index contributed by atoms with van der Waals surface area (Å²) in [5.74, 6) is -0.420. The number of esters is 1. The molecule has 0 aliphatic heterocycles. The van der Waals surface area contributed by atoms with Crippen molar-refractivity contribution in [1.82, 2.24) is 16.0 Å². The van der Waals surface area contributed by atoms with Gasteiger partial charge in [0, 0.05) is 19.2 Å². The molecule has 0 fully saturated rings. The third-order valence-corrected chi connectivity index (χ3v) is 5.98. The van der Waals surface area contributed by atoms with E-state index in [0.717, 1.165) is 16.7 Å². The summed E-state index contributed by atoms with van der Waals surface area (Å²) in [6, 6.07) is 14.2. The van der Waals surface area contributed by atoms with E-state index in [1.165, 1.54) is 24.2 Å². The number of nitrogens with one attached hydrogen (secondary N) is 3. The smallest absolute Gasteiger partial charge is 0.408 e. The number of amides is 3. The monoisotopic (exact) mass is 543 g/mol. The van der Waals surface area contributed by atoms with E-state index in [1.807, 2.05) is 43.3 Å². The molecule has 0 aromatic heterocycles. The van der Waals surface area contributed by atoms with Gasteiger partial charge in [0.1, 0.15) is 18.2 Å². The molecule has 0 unspecified atom stereocenters. The third kappa shape index (κ3) is 12.6. The van der Waals surface area contributed by atoms with Crippen LogP contribution in [0, 0.1) is 6.92 Å². The van der Waals surface area contributed by atoms with Crippen molar-refractivity contribution in [3.8, 4) is 0 Å². The average molecular weight is 544 g/mol. The van der Waals surface area contributed by atoms with Crippen LogP contribution in [0.1, 0.15) is 49.9 Å². The number of hydrogen-bond acceptors (Lipinski definition) is 7. The first-order chi connectivity index (χ1) is 17.9.